The topological polar surface area (TPSA) is 60.9 Å². The van der Waals surface area contributed by atoms with Crippen molar-refractivity contribution in [3.8, 4) is 16.9 Å². The van der Waals surface area contributed by atoms with Crippen molar-refractivity contribution in [2.45, 2.75) is 6.18 Å². The molecule has 1 amide bonds. The third-order valence-electron chi connectivity index (χ3n) is 5.44. The van der Waals surface area contributed by atoms with E-state index in [0.717, 1.165) is 27.6 Å². The van der Waals surface area contributed by atoms with Crippen molar-refractivity contribution in [3.05, 3.63) is 96.2 Å². The molecule has 4 nitrogen and oxygen atoms in total. The molecule has 0 radical (unpaired) electrons. The van der Waals surface area contributed by atoms with Gasteiger partial charge in [-0.3, -0.25) is 4.79 Å². The van der Waals surface area contributed by atoms with Gasteiger partial charge in [-0.25, -0.2) is 4.68 Å². The summed E-state index contributed by atoms with van der Waals surface area (Å²) in [5.74, 6) is -0.616. The molecule has 0 aliphatic carbocycles. The van der Waals surface area contributed by atoms with Crippen LogP contribution < -0.4 is 5.73 Å². The lowest BCUT2D eigenvalue weighted by molar-refractivity contribution is -0.141. The van der Waals surface area contributed by atoms with Crippen LogP contribution in [0.3, 0.4) is 0 Å². The first-order chi connectivity index (χ1) is 15.3. The second-order valence-corrected chi connectivity index (χ2v) is 7.46. The van der Waals surface area contributed by atoms with Gasteiger partial charge in [0.25, 0.3) is 0 Å². The van der Waals surface area contributed by atoms with Gasteiger partial charge in [0.15, 0.2) is 5.69 Å². The van der Waals surface area contributed by atoms with E-state index in [9.17, 15) is 18.0 Å². The summed E-state index contributed by atoms with van der Waals surface area (Å²) in [4.78, 5) is 11.4. The molecule has 0 aliphatic heterocycles. The zero-order valence-corrected chi connectivity index (χ0v) is 16.6. The van der Waals surface area contributed by atoms with Gasteiger partial charge in [0.05, 0.1) is 11.4 Å². The standard InChI is InChI=1S/C25H16F3N3O/c26-25(27,28)23-14-22(31(30-23)19-11-9-17(10-12-19)24(29)32)18-8-7-16-6-5-15-3-1-2-4-20(15)21(16)13-18/h1-14H,(H2,29,32). The monoisotopic (exact) mass is 431 g/mol. The van der Waals surface area contributed by atoms with Crippen LogP contribution in [-0.4, -0.2) is 15.7 Å². The van der Waals surface area contributed by atoms with Gasteiger partial charge in [0, 0.05) is 11.1 Å². The Balaban J connectivity index is 1.73. The Morgan fingerprint density at radius 1 is 0.812 bits per heavy atom. The molecular formula is C25H16F3N3O. The molecule has 0 aliphatic rings. The maximum Gasteiger partial charge on any atom is 0.435 e. The molecule has 0 bridgehead atoms. The molecule has 158 valence electrons. The number of amides is 1. The minimum Gasteiger partial charge on any atom is -0.366 e. The van der Waals surface area contributed by atoms with E-state index in [2.05, 4.69) is 5.10 Å². The predicted octanol–water partition coefficient (Wildman–Crippen LogP) is 5.96. The zero-order valence-electron chi connectivity index (χ0n) is 16.6. The van der Waals surface area contributed by atoms with E-state index in [4.69, 9.17) is 5.73 Å². The third-order valence-corrected chi connectivity index (χ3v) is 5.44. The second kappa shape index (κ2) is 7.23. The number of nitrogens with zero attached hydrogens (tertiary/aromatic N) is 2. The number of hydrogen-bond donors (Lipinski definition) is 1. The van der Waals surface area contributed by atoms with Crippen molar-refractivity contribution < 1.29 is 18.0 Å². The Labute approximate surface area is 180 Å². The minimum atomic E-state index is -4.60. The number of rotatable bonds is 3. The van der Waals surface area contributed by atoms with Crippen LogP contribution in [0, 0.1) is 0 Å². The largest absolute Gasteiger partial charge is 0.435 e. The predicted molar refractivity (Wildman–Crippen MR) is 118 cm³/mol. The number of halogens is 3. The molecule has 5 rings (SSSR count). The molecule has 32 heavy (non-hydrogen) atoms. The number of hydrogen-bond acceptors (Lipinski definition) is 2. The lowest BCUT2D eigenvalue weighted by Gasteiger charge is -2.10. The summed E-state index contributed by atoms with van der Waals surface area (Å²) in [5.41, 5.74) is 5.81. The fourth-order valence-electron chi connectivity index (χ4n) is 3.85. The van der Waals surface area contributed by atoms with Crippen molar-refractivity contribution in [3.63, 3.8) is 0 Å². The summed E-state index contributed by atoms with van der Waals surface area (Å²) in [7, 11) is 0. The van der Waals surface area contributed by atoms with E-state index in [1.807, 2.05) is 48.5 Å². The Kier molecular flexibility index (Phi) is 4.48. The molecule has 0 atom stereocenters. The molecule has 1 heterocycles. The first-order valence-corrected chi connectivity index (χ1v) is 9.81. The first kappa shape index (κ1) is 19.8. The summed E-state index contributed by atoms with van der Waals surface area (Å²) in [6, 6.07) is 24.4. The molecule has 5 aromatic rings. The van der Waals surface area contributed by atoms with Gasteiger partial charge in [-0.15, -0.1) is 0 Å². The highest BCUT2D eigenvalue weighted by Crippen LogP contribution is 2.35. The number of benzene rings is 4. The smallest absolute Gasteiger partial charge is 0.366 e. The van der Waals surface area contributed by atoms with Gasteiger partial charge in [-0.05, 0) is 57.9 Å². The van der Waals surface area contributed by atoms with E-state index in [1.165, 1.54) is 28.9 Å². The van der Waals surface area contributed by atoms with Crippen LogP contribution in [0.2, 0.25) is 0 Å². The van der Waals surface area contributed by atoms with Crippen LogP contribution in [0.5, 0.6) is 0 Å². The lowest BCUT2D eigenvalue weighted by Crippen LogP contribution is -2.11. The van der Waals surface area contributed by atoms with Gasteiger partial charge >= 0.3 is 6.18 Å². The van der Waals surface area contributed by atoms with Crippen LogP contribution >= 0.6 is 0 Å². The van der Waals surface area contributed by atoms with Crippen molar-refractivity contribution in [2.24, 2.45) is 5.73 Å². The van der Waals surface area contributed by atoms with E-state index in [1.54, 1.807) is 6.07 Å². The number of carbonyl (C=O) groups excluding carboxylic acids is 1. The van der Waals surface area contributed by atoms with E-state index < -0.39 is 17.8 Å². The number of alkyl halides is 3. The van der Waals surface area contributed by atoms with Gasteiger partial charge in [-0.2, -0.15) is 18.3 Å². The van der Waals surface area contributed by atoms with E-state index in [0.29, 0.717) is 16.9 Å². The first-order valence-electron chi connectivity index (χ1n) is 9.81. The van der Waals surface area contributed by atoms with Gasteiger partial charge in [-0.1, -0.05) is 48.5 Å². The highest BCUT2D eigenvalue weighted by molar-refractivity contribution is 6.08. The number of nitrogens with two attached hydrogens (primary N) is 1. The molecule has 0 spiro atoms. The fourth-order valence-corrected chi connectivity index (χ4v) is 3.85. The van der Waals surface area contributed by atoms with Crippen molar-refractivity contribution in [1.82, 2.24) is 9.78 Å². The summed E-state index contributed by atoms with van der Waals surface area (Å²) in [6.45, 7) is 0. The van der Waals surface area contributed by atoms with E-state index in [-0.39, 0.29) is 5.56 Å². The normalized spacial score (nSPS) is 11.8. The maximum absolute atomic E-state index is 13.5. The quantitative estimate of drug-likeness (QED) is 0.358. The number of aromatic nitrogens is 2. The Bertz CT molecular complexity index is 1480. The SMILES string of the molecule is NC(=O)c1ccc(-n2nc(C(F)(F)F)cc2-c2ccc3ccc4ccccc4c3c2)cc1. The molecule has 2 N–H and O–H groups in total. The third kappa shape index (κ3) is 3.37. The molecule has 0 fully saturated rings. The molecule has 7 heteroatoms. The van der Waals surface area contributed by atoms with Crippen molar-refractivity contribution in [2.75, 3.05) is 0 Å². The highest BCUT2D eigenvalue weighted by atomic mass is 19.4. The summed E-state index contributed by atoms with van der Waals surface area (Å²) >= 11 is 0. The minimum absolute atomic E-state index is 0.260. The summed E-state index contributed by atoms with van der Waals surface area (Å²) in [6.07, 6.45) is -4.60. The zero-order chi connectivity index (χ0) is 22.5. The van der Waals surface area contributed by atoms with Crippen LogP contribution in [0.25, 0.3) is 38.5 Å². The number of primary amides is 1. The van der Waals surface area contributed by atoms with Crippen LogP contribution in [0.15, 0.2) is 84.9 Å². The number of fused-ring (bicyclic) bond motifs is 3. The van der Waals surface area contributed by atoms with E-state index >= 15 is 0 Å². The molecule has 4 aromatic carbocycles. The number of carbonyl (C=O) groups is 1. The highest BCUT2D eigenvalue weighted by Gasteiger charge is 2.35. The molecular weight excluding hydrogens is 415 g/mol. The fraction of sp³-hybridized carbons (Fsp3) is 0.0400. The Morgan fingerprint density at radius 2 is 1.47 bits per heavy atom. The molecule has 0 saturated carbocycles. The molecule has 1 aromatic heterocycles. The van der Waals surface area contributed by atoms with Crippen LogP contribution in [-0.2, 0) is 6.18 Å². The second-order valence-electron chi connectivity index (χ2n) is 7.46. The average Bonchev–Trinajstić information content (AvgIpc) is 3.25. The van der Waals surface area contributed by atoms with Crippen molar-refractivity contribution in [1.29, 1.82) is 0 Å². The summed E-state index contributed by atoms with van der Waals surface area (Å²) in [5, 5.41) is 7.80. The Hall–Kier alpha value is -4.13. The van der Waals surface area contributed by atoms with Gasteiger partial charge in [0.1, 0.15) is 0 Å². The van der Waals surface area contributed by atoms with Gasteiger partial charge in [0.2, 0.25) is 5.91 Å². The van der Waals surface area contributed by atoms with Crippen molar-refractivity contribution >= 4 is 27.5 Å². The average molecular weight is 431 g/mol. The molecule has 0 unspecified atom stereocenters. The van der Waals surface area contributed by atoms with Gasteiger partial charge < -0.3 is 5.73 Å². The van der Waals surface area contributed by atoms with Crippen LogP contribution in [0.4, 0.5) is 13.2 Å². The Morgan fingerprint density at radius 3 is 2.16 bits per heavy atom. The van der Waals surface area contributed by atoms with Crippen LogP contribution in [0.1, 0.15) is 16.1 Å². The summed E-state index contributed by atoms with van der Waals surface area (Å²) < 4.78 is 41.8. The molecule has 0 saturated heterocycles. The lowest BCUT2D eigenvalue weighted by atomic mass is 9.99. The maximum atomic E-state index is 13.5.